The summed E-state index contributed by atoms with van der Waals surface area (Å²) in [7, 11) is 7.44. The number of ether oxygens (including phenoxy) is 1. The van der Waals surface area contributed by atoms with Gasteiger partial charge in [0.2, 0.25) is 5.89 Å². The number of rotatable bonds is 5. The van der Waals surface area contributed by atoms with Crippen LogP contribution in [0, 0.1) is 0 Å². The number of aliphatic imine (C=N–C) groups is 1. The van der Waals surface area contributed by atoms with Crippen molar-refractivity contribution in [3.63, 3.8) is 0 Å². The number of benzene rings is 1. The average molecular weight is 414 g/mol. The molecule has 1 fully saturated rings. The second kappa shape index (κ2) is 8.87. The molecule has 2 aromatic rings. The number of aromatic nitrogens is 1. The molecule has 1 aromatic carbocycles. The Hall–Kier alpha value is -2.87. The summed E-state index contributed by atoms with van der Waals surface area (Å²) in [6.07, 6.45) is 2.43. The van der Waals surface area contributed by atoms with Gasteiger partial charge in [0, 0.05) is 38.4 Å². The zero-order valence-corrected chi connectivity index (χ0v) is 18.6. The van der Waals surface area contributed by atoms with E-state index in [1.54, 1.807) is 20.2 Å². The number of hydrogen-bond acceptors (Lipinski definition) is 7. The van der Waals surface area contributed by atoms with E-state index in [1.807, 2.05) is 19.9 Å². The van der Waals surface area contributed by atoms with Crippen molar-refractivity contribution in [3.8, 4) is 5.75 Å². The Morgan fingerprint density at radius 3 is 2.70 bits per heavy atom. The summed E-state index contributed by atoms with van der Waals surface area (Å²) >= 11 is 0. The maximum atomic E-state index is 12.9. The molecule has 2 N–H and O–H groups in total. The zero-order chi connectivity index (χ0) is 22.0. The molecule has 8 nitrogen and oxygen atoms in total. The molecule has 1 aromatic heterocycles. The highest BCUT2D eigenvalue weighted by molar-refractivity contribution is 6.21. The topological polar surface area (TPSA) is 97.2 Å². The molecule has 162 valence electrons. The van der Waals surface area contributed by atoms with Gasteiger partial charge in [0.15, 0.2) is 0 Å². The van der Waals surface area contributed by atoms with Crippen LogP contribution in [0.15, 0.2) is 32.5 Å². The van der Waals surface area contributed by atoms with Crippen LogP contribution in [0.25, 0.3) is 16.5 Å². The lowest BCUT2D eigenvalue weighted by atomic mass is 9.98. The lowest BCUT2D eigenvalue weighted by Gasteiger charge is -2.23. The molecule has 0 saturated carbocycles. The van der Waals surface area contributed by atoms with Gasteiger partial charge in [-0.05, 0) is 38.1 Å². The summed E-state index contributed by atoms with van der Waals surface area (Å²) in [6, 6.07) is 4.03. The Labute approximate surface area is 177 Å². The number of methoxy groups -OCH3 is 1. The highest BCUT2D eigenvalue weighted by atomic mass is 16.5. The lowest BCUT2D eigenvalue weighted by Crippen LogP contribution is -2.35. The number of fused-ring (bicyclic) bond motifs is 1. The molecular formula is C22H31N5O3. The number of hydrogen-bond donors (Lipinski definition) is 1. The first-order valence-corrected chi connectivity index (χ1v) is 10.1. The average Bonchev–Trinajstić information content (AvgIpc) is 3.20. The van der Waals surface area contributed by atoms with Gasteiger partial charge in [-0.15, -0.1) is 0 Å². The minimum absolute atomic E-state index is 0.114. The van der Waals surface area contributed by atoms with Crippen molar-refractivity contribution < 1.29 is 9.15 Å². The van der Waals surface area contributed by atoms with Crippen molar-refractivity contribution in [3.05, 3.63) is 40.2 Å². The van der Waals surface area contributed by atoms with Gasteiger partial charge >= 0.3 is 5.63 Å². The Bertz CT molecular complexity index is 1040. The zero-order valence-electron chi connectivity index (χ0n) is 18.6. The third kappa shape index (κ3) is 4.05. The van der Waals surface area contributed by atoms with Crippen molar-refractivity contribution in [2.75, 3.05) is 41.3 Å². The number of likely N-dealkylation sites (N-methyl/N-ethyl adjacent to an activating group) is 1. The summed E-state index contributed by atoms with van der Waals surface area (Å²) in [4.78, 5) is 26.4. The van der Waals surface area contributed by atoms with Crippen LogP contribution >= 0.6 is 0 Å². The molecule has 1 saturated heterocycles. The van der Waals surface area contributed by atoms with E-state index in [4.69, 9.17) is 14.9 Å². The van der Waals surface area contributed by atoms with Crippen molar-refractivity contribution >= 4 is 22.3 Å². The van der Waals surface area contributed by atoms with Crippen LogP contribution in [0.5, 0.6) is 5.75 Å². The van der Waals surface area contributed by atoms with E-state index in [2.05, 4.69) is 33.9 Å². The minimum Gasteiger partial charge on any atom is -0.497 e. The number of amidine groups is 1. The van der Waals surface area contributed by atoms with Gasteiger partial charge in [-0.2, -0.15) is 0 Å². The highest BCUT2D eigenvalue weighted by Crippen LogP contribution is 2.29. The molecule has 0 amide bonds. The van der Waals surface area contributed by atoms with Crippen molar-refractivity contribution in [2.45, 2.75) is 32.2 Å². The fourth-order valence-electron chi connectivity index (χ4n) is 3.92. The number of nitrogens with two attached hydrogens (primary N) is 1. The maximum absolute atomic E-state index is 12.9. The van der Waals surface area contributed by atoms with E-state index in [1.165, 1.54) is 6.20 Å². The van der Waals surface area contributed by atoms with Crippen LogP contribution in [0.2, 0.25) is 0 Å². The third-order valence-corrected chi connectivity index (χ3v) is 5.64. The lowest BCUT2D eigenvalue weighted by molar-refractivity contribution is 0.301. The van der Waals surface area contributed by atoms with Gasteiger partial charge in [0.1, 0.15) is 11.6 Å². The summed E-state index contributed by atoms with van der Waals surface area (Å²) in [5.41, 5.74) is 7.39. The molecule has 1 atom stereocenters. The fourth-order valence-corrected chi connectivity index (χ4v) is 3.92. The first kappa shape index (κ1) is 21.8. The van der Waals surface area contributed by atoms with Gasteiger partial charge < -0.3 is 24.7 Å². The Balaban J connectivity index is 2.09. The molecule has 3 rings (SSSR count). The van der Waals surface area contributed by atoms with Gasteiger partial charge in [0.25, 0.3) is 0 Å². The van der Waals surface area contributed by atoms with E-state index in [0.29, 0.717) is 34.1 Å². The fraction of sp³-hybridized carbons (Fsp3) is 0.500. The summed E-state index contributed by atoms with van der Waals surface area (Å²) in [6.45, 7) is 5.70. The summed E-state index contributed by atoms with van der Waals surface area (Å²) in [5.74, 6) is 1.59. The monoisotopic (exact) mass is 413 g/mol. The van der Waals surface area contributed by atoms with Crippen LogP contribution in [0.3, 0.4) is 0 Å². The van der Waals surface area contributed by atoms with Gasteiger partial charge in [-0.3, -0.25) is 4.99 Å². The molecule has 8 heteroatoms. The highest BCUT2D eigenvalue weighted by Gasteiger charge is 2.29. The Morgan fingerprint density at radius 2 is 2.17 bits per heavy atom. The predicted molar refractivity (Wildman–Crippen MR) is 120 cm³/mol. The first-order chi connectivity index (χ1) is 14.3. The van der Waals surface area contributed by atoms with E-state index in [-0.39, 0.29) is 11.8 Å². The van der Waals surface area contributed by atoms with E-state index < -0.39 is 5.63 Å². The van der Waals surface area contributed by atoms with Gasteiger partial charge in [-0.1, -0.05) is 13.8 Å². The second-order valence-corrected chi connectivity index (χ2v) is 8.05. The minimum atomic E-state index is -0.441. The smallest absolute Gasteiger partial charge is 0.347 e. The largest absolute Gasteiger partial charge is 0.497 e. The normalized spacial score (nSPS) is 18.1. The van der Waals surface area contributed by atoms with Crippen molar-refractivity contribution in [1.29, 1.82) is 0 Å². The van der Waals surface area contributed by atoms with E-state index in [0.717, 1.165) is 25.1 Å². The molecular weight excluding hydrogens is 382 g/mol. The summed E-state index contributed by atoms with van der Waals surface area (Å²) < 4.78 is 11.1. The molecule has 0 bridgehead atoms. The molecule has 30 heavy (non-hydrogen) atoms. The van der Waals surface area contributed by atoms with Crippen LogP contribution in [0.4, 0.5) is 0 Å². The van der Waals surface area contributed by atoms with Crippen LogP contribution in [-0.2, 0) is 0 Å². The maximum Gasteiger partial charge on any atom is 0.347 e. The van der Waals surface area contributed by atoms with Crippen LogP contribution in [0.1, 0.15) is 37.6 Å². The third-order valence-electron chi connectivity index (χ3n) is 5.64. The second-order valence-electron chi connectivity index (χ2n) is 8.05. The van der Waals surface area contributed by atoms with Gasteiger partial charge in [0.05, 0.1) is 23.6 Å². The summed E-state index contributed by atoms with van der Waals surface area (Å²) in [5, 5.41) is 0.467. The Morgan fingerprint density at radius 1 is 1.43 bits per heavy atom. The van der Waals surface area contributed by atoms with Crippen LogP contribution in [-0.4, -0.2) is 68.0 Å². The van der Waals surface area contributed by atoms with E-state index >= 15 is 0 Å². The molecule has 0 spiro atoms. The van der Waals surface area contributed by atoms with Crippen LogP contribution < -0.4 is 16.1 Å². The quantitative estimate of drug-likeness (QED) is 0.593. The van der Waals surface area contributed by atoms with E-state index in [9.17, 15) is 4.79 Å². The van der Waals surface area contributed by atoms with Crippen molar-refractivity contribution in [1.82, 2.24) is 14.8 Å². The standard InChI is InChI=1S/C22H31N5O3/c1-13(2)16-9-15(29-6)10-18-19(16)22(28)30-21(25-18)17(11-23)20(24-3)27-8-7-14(12-27)26(4)5/h9-11,13-14H,7-8,12,23H2,1-6H3/t14-/m0/s1. The molecule has 1 aliphatic rings. The predicted octanol–water partition coefficient (Wildman–Crippen LogP) is 2.28. The van der Waals surface area contributed by atoms with Crippen molar-refractivity contribution in [2.24, 2.45) is 10.7 Å². The van der Waals surface area contributed by atoms with Gasteiger partial charge in [-0.25, -0.2) is 9.78 Å². The number of likely N-dealkylation sites (tertiary alicyclic amines) is 1. The molecule has 1 aliphatic heterocycles. The molecule has 0 radical (unpaired) electrons. The number of nitrogens with zero attached hydrogens (tertiary/aromatic N) is 4. The first-order valence-electron chi connectivity index (χ1n) is 10.1. The SMILES string of the molecule is CN=C(C(=CN)c1nc2cc(OC)cc(C(C)C)c2c(=O)o1)N1CC[C@H](N(C)C)C1. The molecule has 0 unspecified atom stereocenters. The Kier molecular flexibility index (Phi) is 6.45. The molecule has 2 heterocycles. The molecule has 0 aliphatic carbocycles.